The fraction of sp³-hybridized carbons (Fsp3) is 0.357. The van der Waals surface area contributed by atoms with Crippen LogP contribution in [-0.2, 0) is 16.1 Å². The standard InChI is InChI=1S/C14H17Cl2NO2/c1-3-7-17(10-14(18)19-4-2)9-11-8-12(15)5-6-13(11)16/h3,5-6,8H,1,4,7,9-10H2,2H3. The largest absolute Gasteiger partial charge is 0.465 e. The number of carbonyl (C=O) groups excluding carboxylic acids is 1. The highest BCUT2D eigenvalue weighted by Crippen LogP contribution is 2.22. The van der Waals surface area contributed by atoms with E-state index in [2.05, 4.69) is 6.58 Å². The maximum Gasteiger partial charge on any atom is 0.320 e. The van der Waals surface area contributed by atoms with E-state index < -0.39 is 0 Å². The van der Waals surface area contributed by atoms with Gasteiger partial charge in [-0.15, -0.1) is 6.58 Å². The molecular formula is C14H17Cl2NO2. The van der Waals surface area contributed by atoms with Gasteiger partial charge in [0.15, 0.2) is 0 Å². The Kier molecular flexibility index (Phi) is 6.92. The van der Waals surface area contributed by atoms with Gasteiger partial charge in [-0.25, -0.2) is 0 Å². The SMILES string of the molecule is C=CCN(CC(=O)OCC)Cc1cc(Cl)ccc1Cl. The average Bonchev–Trinajstić information content (AvgIpc) is 2.34. The van der Waals surface area contributed by atoms with Gasteiger partial charge in [0, 0.05) is 23.1 Å². The fourth-order valence-electron chi connectivity index (χ4n) is 1.66. The van der Waals surface area contributed by atoms with Crippen LogP contribution in [0.15, 0.2) is 30.9 Å². The Morgan fingerprint density at radius 3 is 2.84 bits per heavy atom. The van der Waals surface area contributed by atoms with Gasteiger partial charge in [-0.3, -0.25) is 9.69 Å². The molecule has 0 bridgehead atoms. The van der Waals surface area contributed by atoms with E-state index in [4.69, 9.17) is 27.9 Å². The van der Waals surface area contributed by atoms with Crippen molar-refractivity contribution in [3.8, 4) is 0 Å². The number of rotatable bonds is 7. The van der Waals surface area contributed by atoms with Crippen molar-refractivity contribution < 1.29 is 9.53 Å². The van der Waals surface area contributed by atoms with Gasteiger partial charge in [0.25, 0.3) is 0 Å². The Labute approximate surface area is 123 Å². The van der Waals surface area contributed by atoms with Crippen LogP contribution in [0.4, 0.5) is 0 Å². The molecule has 3 nitrogen and oxygen atoms in total. The Morgan fingerprint density at radius 1 is 1.47 bits per heavy atom. The summed E-state index contributed by atoms with van der Waals surface area (Å²) in [5.74, 6) is -0.262. The number of hydrogen-bond donors (Lipinski definition) is 0. The van der Waals surface area contributed by atoms with Gasteiger partial charge in [-0.2, -0.15) is 0 Å². The predicted octanol–water partition coefficient (Wildman–Crippen LogP) is 3.54. The molecule has 0 atom stereocenters. The molecule has 0 aliphatic carbocycles. The molecule has 0 N–H and O–H groups in total. The second kappa shape index (κ2) is 8.20. The molecule has 104 valence electrons. The van der Waals surface area contributed by atoms with E-state index in [0.29, 0.717) is 29.7 Å². The van der Waals surface area contributed by atoms with E-state index in [1.165, 1.54) is 0 Å². The molecule has 0 saturated heterocycles. The molecule has 0 unspecified atom stereocenters. The van der Waals surface area contributed by atoms with Crippen molar-refractivity contribution >= 4 is 29.2 Å². The van der Waals surface area contributed by atoms with E-state index in [1.807, 2.05) is 4.90 Å². The average molecular weight is 302 g/mol. The lowest BCUT2D eigenvalue weighted by Crippen LogP contribution is -2.31. The zero-order chi connectivity index (χ0) is 14.3. The molecule has 0 aromatic heterocycles. The van der Waals surface area contributed by atoms with Crippen LogP contribution in [-0.4, -0.2) is 30.6 Å². The van der Waals surface area contributed by atoms with Crippen LogP contribution >= 0.6 is 23.2 Å². The topological polar surface area (TPSA) is 29.5 Å². The third-order valence-electron chi connectivity index (χ3n) is 2.45. The minimum atomic E-state index is -0.262. The van der Waals surface area contributed by atoms with Crippen molar-refractivity contribution in [3.05, 3.63) is 46.5 Å². The minimum absolute atomic E-state index is 0.197. The Bertz CT molecular complexity index is 449. The molecule has 0 radical (unpaired) electrons. The molecule has 0 aliphatic rings. The predicted molar refractivity (Wildman–Crippen MR) is 78.6 cm³/mol. The van der Waals surface area contributed by atoms with Crippen molar-refractivity contribution in [1.82, 2.24) is 4.90 Å². The van der Waals surface area contributed by atoms with Gasteiger partial charge < -0.3 is 4.74 Å². The summed E-state index contributed by atoms with van der Waals surface area (Å²) < 4.78 is 4.94. The first kappa shape index (κ1) is 16.0. The third-order valence-corrected chi connectivity index (χ3v) is 3.05. The summed E-state index contributed by atoms with van der Waals surface area (Å²) in [6.07, 6.45) is 1.73. The Hall–Kier alpha value is -1.03. The quantitative estimate of drug-likeness (QED) is 0.570. The molecule has 5 heteroatoms. The summed E-state index contributed by atoms with van der Waals surface area (Å²) in [5.41, 5.74) is 0.875. The molecule has 0 amide bonds. The molecule has 0 saturated carbocycles. The number of nitrogens with zero attached hydrogens (tertiary/aromatic N) is 1. The van der Waals surface area contributed by atoms with Crippen molar-refractivity contribution in [2.75, 3.05) is 19.7 Å². The lowest BCUT2D eigenvalue weighted by atomic mass is 10.2. The Balaban J connectivity index is 2.74. The van der Waals surface area contributed by atoms with Crippen molar-refractivity contribution in [3.63, 3.8) is 0 Å². The number of carbonyl (C=O) groups is 1. The summed E-state index contributed by atoms with van der Waals surface area (Å²) in [6, 6.07) is 5.28. The van der Waals surface area contributed by atoms with Crippen molar-refractivity contribution in [2.24, 2.45) is 0 Å². The number of esters is 1. The molecule has 1 aromatic carbocycles. The van der Waals surface area contributed by atoms with Crippen molar-refractivity contribution in [2.45, 2.75) is 13.5 Å². The summed E-state index contributed by atoms with van der Waals surface area (Å²) in [4.78, 5) is 13.4. The monoisotopic (exact) mass is 301 g/mol. The Morgan fingerprint density at radius 2 is 2.21 bits per heavy atom. The fourth-order valence-corrected chi connectivity index (χ4v) is 2.03. The van der Waals surface area contributed by atoms with Gasteiger partial charge >= 0.3 is 5.97 Å². The van der Waals surface area contributed by atoms with Crippen LogP contribution in [0.2, 0.25) is 10.0 Å². The molecule has 0 spiro atoms. The normalized spacial score (nSPS) is 10.5. The van der Waals surface area contributed by atoms with Crippen molar-refractivity contribution in [1.29, 1.82) is 0 Å². The number of halogens is 2. The number of benzene rings is 1. The van der Waals surface area contributed by atoms with Gasteiger partial charge in [0.2, 0.25) is 0 Å². The molecule has 1 aromatic rings. The van der Waals surface area contributed by atoms with E-state index in [-0.39, 0.29) is 12.5 Å². The first-order chi connectivity index (χ1) is 9.06. The highest BCUT2D eigenvalue weighted by molar-refractivity contribution is 6.33. The highest BCUT2D eigenvalue weighted by Gasteiger charge is 2.12. The third kappa shape index (κ3) is 5.64. The molecular weight excluding hydrogens is 285 g/mol. The van der Waals surface area contributed by atoms with Gasteiger partial charge in [-0.05, 0) is 30.7 Å². The van der Waals surface area contributed by atoms with Crippen LogP contribution in [0.25, 0.3) is 0 Å². The molecule has 0 aliphatic heterocycles. The van der Waals surface area contributed by atoms with E-state index in [0.717, 1.165) is 5.56 Å². The lowest BCUT2D eigenvalue weighted by Gasteiger charge is -2.20. The number of hydrogen-bond acceptors (Lipinski definition) is 3. The van der Waals surface area contributed by atoms with E-state index in [1.54, 1.807) is 31.2 Å². The molecule has 1 rings (SSSR count). The first-order valence-corrected chi connectivity index (χ1v) is 6.75. The summed E-state index contributed by atoms with van der Waals surface area (Å²) in [6.45, 7) is 7.12. The summed E-state index contributed by atoms with van der Waals surface area (Å²) in [7, 11) is 0. The van der Waals surface area contributed by atoms with Gasteiger partial charge in [0.1, 0.15) is 0 Å². The second-order valence-corrected chi connectivity index (χ2v) is 4.84. The smallest absolute Gasteiger partial charge is 0.320 e. The minimum Gasteiger partial charge on any atom is -0.465 e. The van der Waals surface area contributed by atoms with Crippen LogP contribution < -0.4 is 0 Å². The zero-order valence-corrected chi connectivity index (χ0v) is 12.4. The van der Waals surface area contributed by atoms with Crippen LogP contribution in [0.5, 0.6) is 0 Å². The summed E-state index contributed by atoms with van der Waals surface area (Å²) in [5, 5.41) is 1.25. The lowest BCUT2D eigenvalue weighted by molar-refractivity contribution is -0.144. The highest BCUT2D eigenvalue weighted by atomic mass is 35.5. The van der Waals surface area contributed by atoms with Gasteiger partial charge in [0.05, 0.1) is 13.2 Å². The maximum atomic E-state index is 11.5. The van der Waals surface area contributed by atoms with E-state index in [9.17, 15) is 4.79 Å². The first-order valence-electron chi connectivity index (χ1n) is 5.99. The maximum absolute atomic E-state index is 11.5. The second-order valence-electron chi connectivity index (χ2n) is 4.00. The van der Waals surface area contributed by atoms with E-state index >= 15 is 0 Å². The van der Waals surface area contributed by atoms with Gasteiger partial charge in [-0.1, -0.05) is 29.3 Å². The van der Waals surface area contributed by atoms with Crippen LogP contribution in [0, 0.1) is 0 Å². The van der Waals surface area contributed by atoms with Crippen LogP contribution in [0.1, 0.15) is 12.5 Å². The van der Waals surface area contributed by atoms with Crippen LogP contribution in [0.3, 0.4) is 0 Å². The molecule has 0 heterocycles. The molecule has 19 heavy (non-hydrogen) atoms. The molecule has 0 fully saturated rings. The summed E-state index contributed by atoms with van der Waals surface area (Å²) >= 11 is 12.1. The number of ether oxygens (including phenoxy) is 1. The zero-order valence-electron chi connectivity index (χ0n) is 10.9.